The minimum atomic E-state index is 0.306. The van der Waals surface area contributed by atoms with Gasteiger partial charge < -0.3 is 10.3 Å². The number of hydrogen-bond acceptors (Lipinski definition) is 5. The Morgan fingerprint density at radius 2 is 2.07 bits per heavy atom. The predicted molar refractivity (Wildman–Crippen MR) is 117 cm³/mol. The molecule has 6 heteroatoms. The zero-order valence-electron chi connectivity index (χ0n) is 16.5. The summed E-state index contributed by atoms with van der Waals surface area (Å²) in [5.41, 5.74) is 4.84. The summed E-state index contributed by atoms with van der Waals surface area (Å²) in [5.74, 6) is 0.790. The molecule has 148 valence electrons. The van der Waals surface area contributed by atoms with Crippen molar-refractivity contribution in [1.82, 2.24) is 19.9 Å². The van der Waals surface area contributed by atoms with Crippen LogP contribution in [0.1, 0.15) is 35.8 Å². The molecule has 1 aliphatic rings. The highest BCUT2D eigenvalue weighted by molar-refractivity contribution is 5.82. The van der Waals surface area contributed by atoms with Gasteiger partial charge in [0, 0.05) is 23.6 Å². The molecule has 0 saturated carbocycles. The van der Waals surface area contributed by atoms with Gasteiger partial charge in [0.05, 0.1) is 23.6 Å². The van der Waals surface area contributed by atoms with Gasteiger partial charge in [-0.05, 0) is 61.3 Å². The first-order valence-corrected chi connectivity index (χ1v) is 10.2. The lowest BCUT2D eigenvalue weighted by molar-refractivity contribution is 0.245. The molecule has 0 spiro atoms. The number of benzene rings is 1. The van der Waals surface area contributed by atoms with Crippen molar-refractivity contribution in [2.24, 2.45) is 0 Å². The van der Waals surface area contributed by atoms with Gasteiger partial charge in [-0.3, -0.25) is 4.90 Å². The van der Waals surface area contributed by atoms with Gasteiger partial charge in [0.25, 0.3) is 0 Å². The van der Waals surface area contributed by atoms with Crippen molar-refractivity contribution in [3.8, 4) is 6.07 Å². The van der Waals surface area contributed by atoms with Crippen LogP contribution in [0.3, 0.4) is 0 Å². The summed E-state index contributed by atoms with van der Waals surface area (Å²) in [5, 5.41) is 13.5. The zero-order chi connectivity index (χ0) is 20.3. The topological polar surface area (TPSA) is 80.6 Å². The molecule has 5 rings (SSSR count). The maximum Gasteiger partial charge on any atom is 0.140 e. The second kappa shape index (κ2) is 7.97. The van der Waals surface area contributed by atoms with E-state index >= 15 is 0 Å². The van der Waals surface area contributed by atoms with Crippen LogP contribution in [0.4, 0.5) is 11.5 Å². The fourth-order valence-electron chi connectivity index (χ4n) is 4.25. The lowest BCUT2D eigenvalue weighted by Gasteiger charge is -2.25. The second-order valence-corrected chi connectivity index (χ2v) is 7.60. The van der Waals surface area contributed by atoms with Crippen molar-refractivity contribution >= 4 is 22.4 Å². The Morgan fingerprint density at radius 3 is 2.93 bits per heavy atom. The van der Waals surface area contributed by atoms with Crippen LogP contribution in [0.2, 0.25) is 0 Å². The van der Waals surface area contributed by atoms with Crippen LogP contribution in [0.25, 0.3) is 10.9 Å². The third-order valence-corrected chi connectivity index (χ3v) is 5.68. The number of hydrogen-bond donors (Lipinski definition) is 2. The number of anilines is 2. The monoisotopic (exact) mass is 394 g/mol. The van der Waals surface area contributed by atoms with Gasteiger partial charge in [0.15, 0.2) is 0 Å². The molecule has 2 N–H and O–H groups in total. The van der Waals surface area contributed by atoms with E-state index in [-0.39, 0.29) is 0 Å². The zero-order valence-corrected chi connectivity index (χ0v) is 16.5. The van der Waals surface area contributed by atoms with E-state index in [1.54, 1.807) is 12.3 Å². The number of rotatable bonds is 5. The third kappa shape index (κ3) is 3.63. The molecule has 1 saturated heterocycles. The van der Waals surface area contributed by atoms with Crippen LogP contribution in [0.5, 0.6) is 0 Å². The molecule has 0 unspecified atom stereocenters. The standard InChI is InChI=1S/C24H22N6/c25-14-18-9-10-19(15-27-18)28-24-8-2-6-22(29-24)23-7-3-13-30(23)16-17-4-1-5-21-20(17)11-12-26-21/h1-2,4-6,8-12,15,23,26H,3,7,13,16H2,(H,28,29)/t23-/m0/s1. The van der Waals surface area contributed by atoms with E-state index in [1.165, 1.54) is 22.9 Å². The summed E-state index contributed by atoms with van der Waals surface area (Å²) in [6, 6.07) is 20.6. The first-order valence-electron chi connectivity index (χ1n) is 10.2. The first kappa shape index (κ1) is 18.3. The molecule has 1 aliphatic heterocycles. The number of fused-ring (bicyclic) bond motifs is 1. The molecular formula is C24H22N6. The van der Waals surface area contributed by atoms with Crippen LogP contribution in [-0.2, 0) is 6.54 Å². The SMILES string of the molecule is N#Cc1ccc(Nc2cccc([C@@H]3CCCN3Cc3cccc4[nH]ccc34)n2)cn1. The molecule has 6 nitrogen and oxygen atoms in total. The van der Waals surface area contributed by atoms with E-state index in [0.717, 1.165) is 36.7 Å². The van der Waals surface area contributed by atoms with Crippen molar-refractivity contribution in [3.05, 3.63) is 83.9 Å². The normalized spacial score (nSPS) is 16.6. The summed E-state index contributed by atoms with van der Waals surface area (Å²) >= 11 is 0. The highest BCUT2D eigenvalue weighted by atomic mass is 15.2. The van der Waals surface area contributed by atoms with Gasteiger partial charge in [0.1, 0.15) is 17.6 Å². The molecule has 3 aromatic heterocycles. The van der Waals surface area contributed by atoms with Crippen molar-refractivity contribution in [3.63, 3.8) is 0 Å². The Morgan fingerprint density at radius 1 is 1.13 bits per heavy atom. The van der Waals surface area contributed by atoms with Gasteiger partial charge >= 0.3 is 0 Å². The van der Waals surface area contributed by atoms with E-state index in [2.05, 4.69) is 50.5 Å². The summed E-state index contributed by atoms with van der Waals surface area (Å²) in [7, 11) is 0. The Labute approximate surface area is 175 Å². The second-order valence-electron chi connectivity index (χ2n) is 7.60. The molecule has 0 amide bonds. The van der Waals surface area contributed by atoms with Crippen LogP contribution in [0, 0.1) is 11.3 Å². The van der Waals surface area contributed by atoms with Crippen molar-refractivity contribution in [2.75, 3.05) is 11.9 Å². The van der Waals surface area contributed by atoms with E-state index in [1.807, 2.05) is 30.5 Å². The van der Waals surface area contributed by atoms with E-state index < -0.39 is 0 Å². The number of H-pyrrole nitrogens is 1. The fraction of sp³-hybridized carbons (Fsp3) is 0.208. The van der Waals surface area contributed by atoms with Crippen LogP contribution in [-0.4, -0.2) is 26.4 Å². The van der Waals surface area contributed by atoms with Gasteiger partial charge in [-0.15, -0.1) is 0 Å². The average Bonchev–Trinajstić information content (AvgIpc) is 3.44. The summed E-state index contributed by atoms with van der Waals surface area (Å²) < 4.78 is 0. The largest absolute Gasteiger partial charge is 0.361 e. The Kier molecular flexibility index (Phi) is 4.88. The molecule has 1 fully saturated rings. The van der Waals surface area contributed by atoms with Crippen molar-refractivity contribution in [2.45, 2.75) is 25.4 Å². The van der Waals surface area contributed by atoms with Crippen LogP contribution >= 0.6 is 0 Å². The summed E-state index contributed by atoms with van der Waals surface area (Å²) in [4.78, 5) is 14.8. The van der Waals surface area contributed by atoms with Crippen molar-refractivity contribution < 1.29 is 0 Å². The molecule has 4 heterocycles. The molecule has 4 aromatic rings. The summed E-state index contributed by atoms with van der Waals surface area (Å²) in [6.45, 7) is 1.99. The fourth-order valence-corrected chi connectivity index (χ4v) is 4.25. The molecular weight excluding hydrogens is 372 g/mol. The number of nitrogens with zero attached hydrogens (tertiary/aromatic N) is 4. The van der Waals surface area contributed by atoms with E-state index in [0.29, 0.717) is 11.7 Å². The van der Waals surface area contributed by atoms with Crippen LogP contribution in [0.15, 0.2) is 67.0 Å². The number of nitrogens with one attached hydrogen (secondary N) is 2. The molecule has 30 heavy (non-hydrogen) atoms. The highest BCUT2D eigenvalue weighted by Crippen LogP contribution is 2.34. The maximum absolute atomic E-state index is 8.90. The molecule has 0 radical (unpaired) electrons. The third-order valence-electron chi connectivity index (χ3n) is 5.68. The smallest absolute Gasteiger partial charge is 0.140 e. The highest BCUT2D eigenvalue weighted by Gasteiger charge is 2.27. The van der Waals surface area contributed by atoms with Crippen LogP contribution < -0.4 is 5.32 Å². The van der Waals surface area contributed by atoms with E-state index in [4.69, 9.17) is 10.2 Å². The lowest BCUT2D eigenvalue weighted by atomic mass is 10.1. The Hall–Kier alpha value is -3.69. The predicted octanol–water partition coefficient (Wildman–Crippen LogP) is 4.91. The quantitative estimate of drug-likeness (QED) is 0.503. The Balaban J connectivity index is 1.36. The number of nitriles is 1. The molecule has 0 bridgehead atoms. The lowest BCUT2D eigenvalue weighted by Crippen LogP contribution is -2.23. The minimum absolute atomic E-state index is 0.306. The number of pyridine rings is 2. The summed E-state index contributed by atoms with van der Waals surface area (Å²) in [6.07, 6.45) is 5.95. The molecule has 1 aromatic carbocycles. The van der Waals surface area contributed by atoms with Gasteiger partial charge in [-0.25, -0.2) is 9.97 Å². The average molecular weight is 394 g/mol. The first-order chi connectivity index (χ1) is 14.8. The van der Waals surface area contributed by atoms with Gasteiger partial charge in [-0.2, -0.15) is 5.26 Å². The minimum Gasteiger partial charge on any atom is -0.361 e. The number of likely N-dealkylation sites (tertiary alicyclic amines) is 1. The van der Waals surface area contributed by atoms with E-state index in [9.17, 15) is 0 Å². The number of aromatic amines is 1. The maximum atomic E-state index is 8.90. The molecule has 0 aliphatic carbocycles. The van der Waals surface area contributed by atoms with Crippen molar-refractivity contribution in [1.29, 1.82) is 5.26 Å². The number of aromatic nitrogens is 3. The molecule has 1 atom stereocenters. The van der Waals surface area contributed by atoms with Gasteiger partial charge in [-0.1, -0.05) is 18.2 Å². The van der Waals surface area contributed by atoms with Gasteiger partial charge in [0.2, 0.25) is 0 Å². The Bertz CT molecular complexity index is 1200.